The first-order valence-corrected chi connectivity index (χ1v) is 10.1. The fraction of sp³-hybridized carbons (Fsp3) is 0.474. The summed E-state index contributed by atoms with van der Waals surface area (Å²) in [5, 5.41) is 7.49. The number of carbonyl (C=O) groups excluding carboxylic acids is 3. The number of rotatable bonds is 11. The van der Waals surface area contributed by atoms with E-state index in [1.807, 2.05) is 13.8 Å². The van der Waals surface area contributed by atoms with E-state index in [9.17, 15) is 14.4 Å². The Morgan fingerprint density at radius 2 is 2.10 bits per heavy atom. The largest absolute Gasteiger partial charge is 0.459 e. The number of ether oxygens (including phenoxy) is 1. The summed E-state index contributed by atoms with van der Waals surface area (Å²) in [7, 11) is 1.56. The molecule has 2 N–H and O–H groups in total. The molecule has 0 radical (unpaired) electrons. The van der Waals surface area contributed by atoms with Crippen LogP contribution in [0.15, 0.2) is 28.2 Å². The predicted molar refractivity (Wildman–Crippen MR) is 109 cm³/mol. The molecule has 10 heteroatoms. The molecule has 158 valence electrons. The summed E-state index contributed by atoms with van der Waals surface area (Å²) in [6, 6.07) is 3.20. The van der Waals surface area contributed by atoms with Gasteiger partial charge >= 0.3 is 0 Å². The van der Waals surface area contributed by atoms with Crippen molar-refractivity contribution in [2.75, 3.05) is 38.7 Å². The molecule has 2 heterocycles. The van der Waals surface area contributed by atoms with Crippen LogP contribution in [0.25, 0.3) is 0 Å². The second-order valence-corrected chi connectivity index (χ2v) is 7.63. The fourth-order valence-corrected chi connectivity index (χ4v) is 3.24. The minimum Gasteiger partial charge on any atom is -0.459 e. The molecule has 0 atom stereocenters. The van der Waals surface area contributed by atoms with Gasteiger partial charge in [0, 0.05) is 25.6 Å². The van der Waals surface area contributed by atoms with Crippen LogP contribution in [0.3, 0.4) is 0 Å². The Bertz CT molecular complexity index is 803. The number of nitrogens with one attached hydrogen (secondary N) is 2. The number of hydrogen-bond donors (Lipinski definition) is 2. The number of aromatic nitrogens is 1. The topological polar surface area (TPSA) is 114 Å². The van der Waals surface area contributed by atoms with E-state index in [0.717, 1.165) is 0 Å². The Balaban J connectivity index is 1.90. The first-order valence-electron chi connectivity index (χ1n) is 9.21. The van der Waals surface area contributed by atoms with Gasteiger partial charge in [0.15, 0.2) is 10.9 Å². The van der Waals surface area contributed by atoms with Crippen LogP contribution < -0.4 is 10.6 Å². The second kappa shape index (κ2) is 11.3. The Hall–Kier alpha value is -2.72. The van der Waals surface area contributed by atoms with Crippen molar-refractivity contribution in [1.29, 1.82) is 0 Å². The minimum absolute atomic E-state index is 0.118. The standard InChI is InChI=1S/C19H26N4O5S/c1-13(2)10-23(18(26)15-5-4-7-28-15)11-17(25)22-19-21-14(12-29-19)9-16(24)20-6-8-27-3/h4-5,7,12-13H,6,8-11H2,1-3H3,(H,20,24)(H,21,22,25). The molecule has 0 saturated carbocycles. The highest BCUT2D eigenvalue weighted by Gasteiger charge is 2.22. The first kappa shape index (κ1) is 22.6. The number of amides is 3. The van der Waals surface area contributed by atoms with Gasteiger partial charge in [0.2, 0.25) is 11.8 Å². The molecule has 0 aliphatic carbocycles. The quantitative estimate of drug-likeness (QED) is 0.534. The van der Waals surface area contributed by atoms with Gasteiger partial charge in [-0.05, 0) is 18.1 Å². The van der Waals surface area contributed by atoms with E-state index in [4.69, 9.17) is 9.15 Å². The molecule has 2 rings (SSSR count). The van der Waals surface area contributed by atoms with Crippen molar-refractivity contribution in [3.8, 4) is 0 Å². The number of anilines is 1. The maximum Gasteiger partial charge on any atom is 0.290 e. The molecule has 0 aliphatic rings. The third-order valence-electron chi connectivity index (χ3n) is 3.71. The first-order chi connectivity index (χ1) is 13.9. The van der Waals surface area contributed by atoms with Gasteiger partial charge in [-0.1, -0.05) is 13.8 Å². The fourth-order valence-electron chi connectivity index (χ4n) is 2.51. The van der Waals surface area contributed by atoms with Crippen LogP contribution in [0.4, 0.5) is 5.13 Å². The lowest BCUT2D eigenvalue weighted by atomic mass is 10.2. The van der Waals surface area contributed by atoms with Gasteiger partial charge < -0.3 is 24.7 Å². The molecule has 2 aromatic heterocycles. The third kappa shape index (κ3) is 7.66. The van der Waals surface area contributed by atoms with Crippen LogP contribution in [-0.2, 0) is 20.7 Å². The summed E-state index contributed by atoms with van der Waals surface area (Å²) in [4.78, 5) is 42.5. The molecule has 0 aliphatic heterocycles. The molecular weight excluding hydrogens is 396 g/mol. The number of thiazole rings is 1. The van der Waals surface area contributed by atoms with Gasteiger partial charge in [-0.2, -0.15) is 0 Å². The van der Waals surface area contributed by atoms with Crippen LogP contribution in [0.1, 0.15) is 30.1 Å². The summed E-state index contributed by atoms with van der Waals surface area (Å²) in [6.07, 6.45) is 1.54. The summed E-state index contributed by atoms with van der Waals surface area (Å²) >= 11 is 1.23. The van der Waals surface area contributed by atoms with E-state index in [1.54, 1.807) is 24.6 Å². The summed E-state index contributed by atoms with van der Waals surface area (Å²) < 4.78 is 10.0. The van der Waals surface area contributed by atoms with Gasteiger partial charge in [0.25, 0.3) is 5.91 Å². The van der Waals surface area contributed by atoms with Crippen LogP contribution in [-0.4, -0.2) is 61.0 Å². The van der Waals surface area contributed by atoms with Gasteiger partial charge in [0.05, 0.1) is 25.0 Å². The van der Waals surface area contributed by atoms with E-state index in [2.05, 4.69) is 15.6 Å². The van der Waals surface area contributed by atoms with Gasteiger partial charge in [-0.15, -0.1) is 11.3 Å². The Kier molecular flexibility index (Phi) is 8.81. The molecule has 0 bridgehead atoms. The lowest BCUT2D eigenvalue weighted by Crippen LogP contribution is -2.40. The number of carbonyl (C=O) groups is 3. The zero-order valence-corrected chi connectivity index (χ0v) is 17.6. The average Bonchev–Trinajstić information content (AvgIpc) is 3.32. The van der Waals surface area contributed by atoms with Crippen LogP contribution >= 0.6 is 11.3 Å². The SMILES string of the molecule is COCCNC(=O)Cc1csc(NC(=O)CN(CC(C)C)C(=O)c2ccco2)n1. The number of furan rings is 1. The number of methoxy groups -OCH3 is 1. The molecule has 2 aromatic rings. The van der Waals surface area contributed by atoms with E-state index < -0.39 is 0 Å². The molecule has 9 nitrogen and oxygen atoms in total. The second-order valence-electron chi connectivity index (χ2n) is 6.77. The zero-order chi connectivity index (χ0) is 21.2. The van der Waals surface area contributed by atoms with E-state index in [-0.39, 0.29) is 42.4 Å². The number of nitrogens with zero attached hydrogens (tertiary/aromatic N) is 2. The minimum atomic E-state index is -0.365. The Labute approximate surface area is 173 Å². The Morgan fingerprint density at radius 3 is 2.76 bits per heavy atom. The van der Waals surface area contributed by atoms with Crippen molar-refractivity contribution >= 4 is 34.2 Å². The van der Waals surface area contributed by atoms with Crippen molar-refractivity contribution < 1.29 is 23.5 Å². The van der Waals surface area contributed by atoms with Crippen molar-refractivity contribution in [2.45, 2.75) is 20.3 Å². The maximum atomic E-state index is 12.5. The van der Waals surface area contributed by atoms with Crippen LogP contribution in [0, 0.1) is 5.92 Å². The van der Waals surface area contributed by atoms with Crippen LogP contribution in [0.2, 0.25) is 0 Å². The van der Waals surface area contributed by atoms with Crippen molar-refractivity contribution in [1.82, 2.24) is 15.2 Å². The van der Waals surface area contributed by atoms with Crippen molar-refractivity contribution in [3.63, 3.8) is 0 Å². The third-order valence-corrected chi connectivity index (χ3v) is 4.51. The highest BCUT2D eigenvalue weighted by molar-refractivity contribution is 7.13. The van der Waals surface area contributed by atoms with E-state index in [0.29, 0.717) is 30.5 Å². The monoisotopic (exact) mass is 422 g/mol. The molecule has 0 spiro atoms. The predicted octanol–water partition coefficient (Wildman–Crippen LogP) is 1.78. The lowest BCUT2D eigenvalue weighted by Gasteiger charge is -2.22. The summed E-state index contributed by atoms with van der Waals surface area (Å²) in [6.45, 7) is 5.09. The zero-order valence-electron chi connectivity index (χ0n) is 16.8. The molecular formula is C19H26N4O5S. The average molecular weight is 423 g/mol. The molecule has 0 fully saturated rings. The van der Waals surface area contributed by atoms with E-state index >= 15 is 0 Å². The lowest BCUT2D eigenvalue weighted by molar-refractivity contribution is -0.120. The molecule has 3 amide bonds. The maximum absolute atomic E-state index is 12.5. The normalized spacial score (nSPS) is 10.8. The molecule has 0 unspecified atom stereocenters. The molecule has 0 saturated heterocycles. The van der Waals surface area contributed by atoms with Crippen LogP contribution in [0.5, 0.6) is 0 Å². The smallest absolute Gasteiger partial charge is 0.290 e. The Morgan fingerprint density at radius 1 is 1.31 bits per heavy atom. The van der Waals surface area contributed by atoms with Crippen molar-refractivity contribution in [3.05, 3.63) is 35.2 Å². The van der Waals surface area contributed by atoms with E-state index in [1.165, 1.54) is 22.5 Å². The molecule has 0 aromatic carbocycles. The van der Waals surface area contributed by atoms with Gasteiger partial charge in [-0.25, -0.2) is 4.98 Å². The summed E-state index contributed by atoms with van der Waals surface area (Å²) in [5.41, 5.74) is 0.561. The summed E-state index contributed by atoms with van der Waals surface area (Å²) in [5.74, 6) is -0.501. The highest BCUT2D eigenvalue weighted by Crippen LogP contribution is 2.16. The van der Waals surface area contributed by atoms with Crippen molar-refractivity contribution in [2.24, 2.45) is 5.92 Å². The van der Waals surface area contributed by atoms with Gasteiger partial charge in [0.1, 0.15) is 6.54 Å². The highest BCUT2D eigenvalue weighted by atomic mass is 32.1. The number of hydrogen-bond acceptors (Lipinski definition) is 7. The van der Waals surface area contributed by atoms with Gasteiger partial charge in [-0.3, -0.25) is 14.4 Å². The molecule has 29 heavy (non-hydrogen) atoms.